The largest absolute Gasteiger partial charge is 0.350 e. The molecule has 35 heavy (non-hydrogen) atoms. The smallest absolute Gasteiger partial charge is 0.324 e. The maximum absolute atomic E-state index is 14.5. The van der Waals surface area contributed by atoms with E-state index in [4.69, 9.17) is 21.0 Å². The van der Waals surface area contributed by atoms with E-state index in [1.807, 2.05) is 0 Å². The summed E-state index contributed by atoms with van der Waals surface area (Å²) in [6.07, 6.45) is 4.75. The molecule has 1 atom stereocenters. The summed E-state index contributed by atoms with van der Waals surface area (Å²) in [7, 11) is -1.01. The van der Waals surface area contributed by atoms with Gasteiger partial charge >= 0.3 is 6.33 Å². The number of nitriles is 1. The zero-order valence-corrected chi connectivity index (χ0v) is 20.9. The lowest BCUT2D eigenvalue weighted by Gasteiger charge is -2.19. The molecule has 0 saturated heterocycles. The molecule has 2 heterocycles. The molecular weight excluding hydrogens is 489 g/mol. The van der Waals surface area contributed by atoms with Gasteiger partial charge in [0.25, 0.3) is 13.3 Å². The van der Waals surface area contributed by atoms with Crippen LogP contribution in [0.25, 0.3) is 10.9 Å². The molecule has 11 heteroatoms. The van der Waals surface area contributed by atoms with Crippen molar-refractivity contribution in [2.75, 3.05) is 14.2 Å². The number of hydrogen-bond donors (Lipinski definition) is 2. The van der Waals surface area contributed by atoms with Gasteiger partial charge in [-0.15, -0.1) is 0 Å². The summed E-state index contributed by atoms with van der Waals surface area (Å²) < 4.78 is 21.5. The molecule has 2 aromatic carbocycles. The number of nitrogens with zero attached hydrogens (tertiary/aromatic N) is 3. The highest BCUT2D eigenvalue weighted by Crippen LogP contribution is 2.47. The van der Waals surface area contributed by atoms with Crippen LogP contribution in [0.3, 0.4) is 0 Å². The highest BCUT2D eigenvalue weighted by atomic mass is 35.5. The van der Waals surface area contributed by atoms with Crippen LogP contribution < -0.4 is 25.5 Å². The monoisotopic (exact) mass is 510 g/mol. The van der Waals surface area contributed by atoms with Gasteiger partial charge in [-0.2, -0.15) is 5.26 Å². The van der Waals surface area contributed by atoms with Crippen molar-refractivity contribution in [1.82, 2.24) is 15.3 Å². The molecule has 178 valence electrons. The third kappa shape index (κ3) is 4.77. The molecule has 4 rings (SSSR count). The first kappa shape index (κ1) is 24.4. The molecule has 0 aliphatic carbocycles. The fourth-order valence-electron chi connectivity index (χ4n) is 3.83. The number of halogens is 1. The molecule has 0 saturated carbocycles. The van der Waals surface area contributed by atoms with Crippen LogP contribution in [0.15, 0.2) is 55.1 Å². The fraction of sp³-hybridized carbons (Fsp3) is 0.167. The molecule has 4 aromatic rings. The Morgan fingerprint density at radius 2 is 2.09 bits per heavy atom. The minimum Gasteiger partial charge on any atom is -0.350 e. The van der Waals surface area contributed by atoms with E-state index in [9.17, 15) is 14.6 Å². The maximum Gasteiger partial charge on any atom is 0.324 e. The molecular formula is C24H22ClN5O4P+. The van der Waals surface area contributed by atoms with Crippen LogP contribution in [-0.2, 0) is 15.6 Å². The Hall–Kier alpha value is -3.70. The van der Waals surface area contributed by atoms with Gasteiger partial charge in [-0.05, 0) is 48.9 Å². The van der Waals surface area contributed by atoms with Crippen molar-refractivity contribution < 1.29 is 23.5 Å². The number of benzene rings is 2. The normalized spacial score (nSPS) is 12.7. The average Bonchev–Trinajstić information content (AvgIpc) is 3.25. The molecule has 0 radical (unpaired) electrons. The summed E-state index contributed by atoms with van der Waals surface area (Å²) in [5.41, 5.74) is 2.41. The molecule has 1 unspecified atom stereocenters. The summed E-state index contributed by atoms with van der Waals surface area (Å²) in [6.45, 7) is 1.94. The average molecular weight is 511 g/mol. The standard InChI is InChI=1S/C24H21ClN5O4P/c1-15-6-16(10-26)8-19(7-15)35(32,34-3)23-20-9-18(25)4-5-21(20)29-22(23)24(31)28-12-17-11-27-14-30(13-17)33-2/h4-9,11,13-14H,12H2,1-3H3,(H-,28,29,31,32)/p+1. The Balaban J connectivity index is 1.84. The number of carbonyl (C=O) groups is 1. The zero-order chi connectivity index (χ0) is 25.2. The first-order chi connectivity index (χ1) is 16.8. The molecule has 0 bridgehead atoms. The number of rotatable bonds is 7. The minimum atomic E-state index is -3.83. The Labute approximate surface area is 206 Å². The molecule has 9 nitrogen and oxygen atoms in total. The van der Waals surface area contributed by atoms with E-state index < -0.39 is 13.3 Å². The van der Waals surface area contributed by atoms with Gasteiger partial charge in [0.1, 0.15) is 25.2 Å². The second kappa shape index (κ2) is 9.88. The SMILES string of the molecule is CO[n+]1cncc(CNC(=O)c2[nH]c3ccc(Cl)cc3c2P(=O)(OC)c2cc(C)cc(C#N)c2)c1. The van der Waals surface area contributed by atoms with Crippen LogP contribution in [0.1, 0.15) is 27.2 Å². The lowest BCUT2D eigenvalue weighted by molar-refractivity contribution is -0.887. The lowest BCUT2D eigenvalue weighted by Crippen LogP contribution is -2.41. The van der Waals surface area contributed by atoms with Gasteiger partial charge in [-0.25, -0.2) is 0 Å². The fourth-order valence-corrected chi connectivity index (χ4v) is 6.29. The molecule has 2 N–H and O–H groups in total. The minimum absolute atomic E-state index is 0.0796. The number of hydrogen-bond acceptors (Lipinski definition) is 6. The van der Waals surface area contributed by atoms with Gasteiger partial charge in [0.05, 0.1) is 29.0 Å². The van der Waals surface area contributed by atoms with Crippen LogP contribution in [0.4, 0.5) is 0 Å². The molecule has 0 fully saturated rings. The molecule has 0 aliphatic heterocycles. The van der Waals surface area contributed by atoms with Crippen molar-refractivity contribution in [2.45, 2.75) is 13.5 Å². The highest BCUT2D eigenvalue weighted by molar-refractivity contribution is 7.75. The second-order valence-electron chi connectivity index (χ2n) is 7.76. The van der Waals surface area contributed by atoms with E-state index in [2.05, 4.69) is 21.4 Å². The van der Waals surface area contributed by atoms with Crippen molar-refractivity contribution in [3.05, 3.63) is 82.5 Å². The van der Waals surface area contributed by atoms with Crippen LogP contribution in [0.5, 0.6) is 0 Å². The third-order valence-corrected chi connectivity index (χ3v) is 8.16. The molecule has 2 aromatic heterocycles. The van der Waals surface area contributed by atoms with Gasteiger partial charge in [0.15, 0.2) is 0 Å². The Morgan fingerprint density at radius 3 is 2.80 bits per heavy atom. The predicted octanol–water partition coefficient (Wildman–Crippen LogP) is 2.55. The van der Waals surface area contributed by atoms with Gasteiger partial charge < -0.3 is 19.7 Å². The second-order valence-corrected chi connectivity index (χ2v) is 10.6. The first-order valence-electron chi connectivity index (χ1n) is 10.5. The number of aromatic nitrogens is 3. The summed E-state index contributed by atoms with van der Waals surface area (Å²) in [5, 5.41) is 13.7. The van der Waals surface area contributed by atoms with Crippen LogP contribution in [-0.4, -0.2) is 30.1 Å². The number of carbonyl (C=O) groups excluding carboxylic acids is 1. The summed E-state index contributed by atoms with van der Waals surface area (Å²) in [6, 6.07) is 12.0. The Kier molecular flexibility index (Phi) is 6.90. The Bertz CT molecular complexity index is 1530. The van der Waals surface area contributed by atoms with Crippen molar-refractivity contribution in [2.24, 2.45) is 0 Å². The molecule has 1 amide bonds. The molecule has 0 spiro atoms. The summed E-state index contributed by atoms with van der Waals surface area (Å²) >= 11 is 6.25. The van der Waals surface area contributed by atoms with Crippen LogP contribution >= 0.6 is 19.0 Å². The zero-order valence-electron chi connectivity index (χ0n) is 19.2. The number of fused-ring (bicyclic) bond motifs is 1. The van der Waals surface area contributed by atoms with Crippen molar-refractivity contribution in [3.8, 4) is 6.07 Å². The van der Waals surface area contributed by atoms with E-state index >= 15 is 0 Å². The highest BCUT2D eigenvalue weighted by Gasteiger charge is 2.36. The van der Waals surface area contributed by atoms with Gasteiger partial charge in [-0.1, -0.05) is 21.3 Å². The predicted molar refractivity (Wildman–Crippen MR) is 131 cm³/mol. The van der Waals surface area contributed by atoms with Gasteiger partial charge in [0, 0.05) is 28.3 Å². The van der Waals surface area contributed by atoms with Crippen molar-refractivity contribution in [1.29, 1.82) is 5.26 Å². The summed E-state index contributed by atoms with van der Waals surface area (Å²) in [5.74, 6) is -0.495. The van der Waals surface area contributed by atoms with E-state index in [0.29, 0.717) is 32.4 Å². The van der Waals surface area contributed by atoms with E-state index in [-0.39, 0.29) is 17.5 Å². The maximum atomic E-state index is 14.5. The van der Waals surface area contributed by atoms with Gasteiger partial charge in [0.2, 0.25) is 0 Å². The number of amides is 1. The number of H-pyrrole nitrogens is 1. The summed E-state index contributed by atoms with van der Waals surface area (Å²) in [4.78, 5) is 25.6. The Morgan fingerprint density at radius 1 is 1.29 bits per heavy atom. The quantitative estimate of drug-likeness (QED) is 0.291. The lowest BCUT2D eigenvalue weighted by atomic mass is 10.2. The van der Waals surface area contributed by atoms with Crippen LogP contribution in [0, 0.1) is 18.3 Å². The van der Waals surface area contributed by atoms with Crippen molar-refractivity contribution in [3.63, 3.8) is 0 Å². The number of aromatic amines is 1. The van der Waals surface area contributed by atoms with Crippen LogP contribution in [0.2, 0.25) is 5.02 Å². The third-order valence-electron chi connectivity index (χ3n) is 5.42. The van der Waals surface area contributed by atoms with E-state index in [1.54, 1.807) is 49.6 Å². The molecule has 0 aliphatic rings. The van der Waals surface area contributed by atoms with Crippen molar-refractivity contribution >= 4 is 46.4 Å². The number of aryl methyl sites for hydroxylation is 1. The van der Waals surface area contributed by atoms with E-state index in [0.717, 1.165) is 5.56 Å². The topological polar surface area (TPSA) is 121 Å². The number of nitrogens with one attached hydrogen (secondary N) is 2. The first-order valence-corrected chi connectivity index (χ1v) is 12.5. The van der Waals surface area contributed by atoms with Gasteiger partial charge in [-0.3, -0.25) is 9.36 Å². The van der Waals surface area contributed by atoms with E-state index in [1.165, 1.54) is 31.3 Å².